The van der Waals surface area contributed by atoms with E-state index in [0.717, 1.165) is 23.7 Å². The molecule has 0 radical (unpaired) electrons. The molecule has 0 saturated carbocycles. The highest BCUT2D eigenvalue weighted by Gasteiger charge is 2.06. The van der Waals surface area contributed by atoms with Crippen molar-refractivity contribution in [3.05, 3.63) is 52.6 Å². The first-order valence-corrected chi connectivity index (χ1v) is 8.11. The molecule has 1 heterocycles. The average Bonchev–Trinajstić information content (AvgIpc) is 2.36. The number of hydrogen-bond donors (Lipinski definition) is 0. The molecule has 1 aromatic heterocycles. The van der Waals surface area contributed by atoms with Crippen LogP contribution in [0, 0.1) is 12.8 Å². The molecule has 20 heavy (non-hydrogen) atoms. The van der Waals surface area contributed by atoms with Gasteiger partial charge in [0.25, 0.3) is 0 Å². The number of aryl methyl sites for hydroxylation is 1. The van der Waals surface area contributed by atoms with Crippen molar-refractivity contribution in [2.45, 2.75) is 37.8 Å². The van der Waals surface area contributed by atoms with Crippen LogP contribution in [0.4, 0.5) is 0 Å². The van der Waals surface area contributed by atoms with Gasteiger partial charge in [0.05, 0.1) is 5.75 Å². The van der Waals surface area contributed by atoms with Crippen LogP contribution in [0.5, 0.6) is 0 Å². The second-order valence-corrected chi connectivity index (χ2v) is 6.73. The smallest absolute Gasteiger partial charge is 0.140 e. The van der Waals surface area contributed by atoms with Crippen LogP contribution in [0.1, 0.15) is 30.9 Å². The summed E-state index contributed by atoms with van der Waals surface area (Å²) >= 11 is 7.81. The Morgan fingerprint density at radius 3 is 2.50 bits per heavy atom. The monoisotopic (exact) mass is 306 g/mol. The van der Waals surface area contributed by atoms with Crippen LogP contribution in [0.3, 0.4) is 0 Å². The molecule has 2 rings (SSSR count). The van der Waals surface area contributed by atoms with Crippen molar-refractivity contribution >= 4 is 23.4 Å². The predicted molar refractivity (Wildman–Crippen MR) is 86.3 cm³/mol. The molecule has 0 amide bonds. The third kappa shape index (κ3) is 4.80. The van der Waals surface area contributed by atoms with Crippen molar-refractivity contribution in [2.75, 3.05) is 0 Å². The summed E-state index contributed by atoms with van der Waals surface area (Å²) in [7, 11) is 0. The highest BCUT2D eigenvalue weighted by molar-refractivity contribution is 7.98. The van der Waals surface area contributed by atoms with Crippen LogP contribution in [-0.2, 0) is 12.2 Å². The van der Waals surface area contributed by atoms with Crippen LogP contribution < -0.4 is 0 Å². The number of aromatic nitrogens is 2. The van der Waals surface area contributed by atoms with Gasteiger partial charge in [-0.2, -0.15) is 0 Å². The molecule has 4 heteroatoms. The lowest BCUT2D eigenvalue weighted by molar-refractivity contribution is 0.632. The van der Waals surface area contributed by atoms with E-state index in [4.69, 9.17) is 11.6 Å². The molecule has 1 aromatic carbocycles. The van der Waals surface area contributed by atoms with Gasteiger partial charge in [0.2, 0.25) is 0 Å². The summed E-state index contributed by atoms with van der Waals surface area (Å²) in [5.74, 6) is 2.12. The maximum absolute atomic E-state index is 6.08. The number of halogens is 1. The maximum Gasteiger partial charge on any atom is 0.140 e. The lowest BCUT2D eigenvalue weighted by atomic mass is 10.1. The molecule has 0 N–H and O–H groups in total. The van der Waals surface area contributed by atoms with Gasteiger partial charge in [0.1, 0.15) is 11.0 Å². The Balaban J connectivity index is 2.05. The minimum atomic E-state index is 0.537. The van der Waals surface area contributed by atoms with Crippen LogP contribution in [0.25, 0.3) is 0 Å². The third-order valence-electron chi connectivity index (χ3n) is 2.80. The van der Waals surface area contributed by atoms with Gasteiger partial charge < -0.3 is 0 Å². The summed E-state index contributed by atoms with van der Waals surface area (Å²) < 4.78 is 0. The van der Waals surface area contributed by atoms with Gasteiger partial charge in [0, 0.05) is 10.6 Å². The standard InChI is InChI=1S/C16H19ClN2S/c1-11(2)8-13-9-15(17)19-16(18-13)10-20-14-6-4-12(3)5-7-14/h4-7,9,11H,8,10H2,1-3H3. The van der Waals surface area contributed by atoms with Gasteiger partial charge in [-0.05, 0) is 37.5 Å². The van der Waals surface area contributed by atoms with Gasteiger partial charge in [-0.25, -0.2) is 9.97 Å². The van der Waals surface area contributed by atoms with Crippen molar-refractivity contribution < 1.29 is 0 Å². The van der Waals surface area contributed by atoms with Crippen LogP contribution in [-0.4, -0.2) is 9.97 Å². The molecule has 2 nitrogen and oxygen atoms in total. The van der Waals surface area contributed by atoms with Crippen molar-refractivity contribution in [1.82, 2.24) is 9.97 Å². The highest BCUT2D eigenvalue weighted by atomic mass is 35.5. The largest absolute Gasteiger partial charge is 0.237 e. The Labute approximate surface area is 130 Å². The highest BCUT2D eigenvalue weighted by Crippen LogP contribution is 2.22. The van der Waals surface area contributed by atoms with E-state index in [0.29, 0.717) is 11.1 Å². The first-order chi connectivity index (χ1) is 9.52. The van der Waals surface area contributed by atoms with Gasteiger partial charge in [-0.15, -0.1) is 11.8 Å². The summed E-state index contributed by atoms with van der Waals surface area (Å²) in [6, 6.07) is 10.3. The van der Waals surface area contributed by atoms with Crippen molar-refractivity contribution in [2.24, 2.45) is 5.92 Å². The summed E-state index contributed by atoms with van der Waals surface area (Å²) in [5, 5.41) is 0.537. The van der Waals surface area contributed by atoms with Crippen molar-refractivity contribution in [3.63, 3.8) is 0 Å². The van der Waals surface area contributed by atoms with E-state index in [1.807, 2.05) is 6.07 Å². The maximum atomic E-state index is 6.08. The lowest BCUT2D eigenvalue weighted by Gasteiger charge is -2.07. The van der Waals surface area contributed by atoms with Crippen molar-refractivity contribution in [3.8, 4) is 0 Å². The molecular weight excluding hydrogens is 288 g/mol. The molecule has 0 fully saturated rings. The molecule has 0 spiro atoms. The number of rotatable bonds is 5. The second-order valence-electron chi connectivity index (χ2n) is 5.30. The average molecular weight is 307 g/mol. The SMILES string of the molecule is Cc1ccc(SCc2nc(Cl)cc(CC(C)C)n2)cc1. The van der Waals surface area contributed by atoms with Gasteiger partial charge in [-0.3, -0.25) is 0 Å². The molecule has 106 valence electrons. The minimum Gasteiger partial charge on any atom is -0.237 e. The molecule has 0 aliphatic carbocycles. The van der Waals surface area contributed by atoms with E-state index in [2.05, 4.69) is 55.0 Å². The molecule has 0 aliphatic heterocycles. The number of thioether (sulfide) groups is 1. The summed E-state index contributed by atoms with van der Waals surface area (Å²) in [6.07, 6.45) is 0.935. The molecular formula is C16H19ClN2S. The fourth-order valence-corrected chi connectivity index (χ4v) is 2.86. The van der Waals surface area contributed by atoms with Gasteiger partial charge in [-0.1, -0.05) is 43.1 Å². The normalized spacial score (nSPS) is 11.1. The molecule has 0 saturated heterocycles. The van der Waals surface area contributed by atoms with Crippen LogP contribution in [0.2, 0.25) is 5.15 Å². The number of hydrogen-bond acceptors (Lipinski definition) is 3. The molecule has 0 unspecified atom stereocenters. The van der Waals surface area contributed by atoms with Gasteiger partial charge >= 0.3 is 0 Å². The molecule has 0 atom stereocenters. The zero-order valence-corrected chi connectivity index (χ0v) is 13.6. The number of nitrogens with zero attached hydrogens (tertiary/aromatic N) is 2. The zero-order valence-electron chi connectivity index (χ0n) is 12.1. The first-order valence-electron chi connectivity index (χ1n) is 6.74. The fraction of sp³-hybridized carbons (Fsp3) is 0.375. The van der Waals surface area contributed by atoms with E-state index >= 15 is 0 Å². The Bertz CT molecular complexity index is 567. The van der Waals surface area contributed by atoms with E-state index in [9.17, 15) is 0 Å². The lowest BCUT2D eigenvalue weighted by Crippen LogP contribution is -2.02. The molecule has 0 aliphatic rings. The van der Waals surface area contributed by atoms with Crippen molar-refractivity contribution in [1.29, 1.82) is 0 Å². The molecule has 0 bridgehead atoms. The van der Waals surface area contributed by atoms with E-state index in [-0.39, 0.29) is 0 Å². The number of benzene rings is 1. The quantitative estimate of drug-likeness (QED) is 0.578. The Morgan fingerprint density at radius 2 is 1.85 bits per heavy atom. The third-order valence-corrected chi connectivity index (χ3v) is 4.00. The Hall–Kier alpha value is -1.06. The topological polar surface area (TPSA) is 25.8 Å². The van der Waals surface area contributed by atoms with E-state index in [1.54, 1.807) is 11.8 Å². The van der Waals surface area contributed by atoms with Gasteiger partial charge in [0.15, 0.2) is 0 Å². The summed E-state index contributed by atoms with van der Waals surface area (Å²) in [4.78, 5) is 10.1. The van der Waals surface area contributed by atoms with Crippen LogP contribution in [0.15, 0.2) is 35.2 Å². The summed E-state index contributed by atoms with van der Waals surface area (Å²) in [5.41, 5.74) is 2.30. The van der Waals surface area contributed by atoms with Crippen LogP contribution >= 0.6 is 23.4 Å². The first kappa shape index (κ1) is 15.3. The zero-order chi connectivity index (χ0) is 14.5. The Morgan fingerprint density at radius 1 is 1.15 bits per heavy atom. The second kappa shape index (κ2) is 7.09. The predicted octanol–water partition coefficient (Wildman–Crippen LogP) is 4.93. The molecule has 2 aromatic rings. The Kier molecular flexibility index (Phi) is 5.44. The van der Waals surface area contributed by atoms with E-state index in [1.165, 1.54) is 10.5 Å². The summed E-state index contributed by atoms with van der Waals surface area (Å²) in [6.45, 7) is 6.44. The minimum absolute atomic E-state index is 0.537. The van der Waals surface area contributed by atoms with E-state index < -0.39 is 0 Å². The fourth-order valence-electron chi connectivity index (χ4n) is 1.89.